The standard InChI is InChI=1S/C23H23N5OS/c1-2-7-19-18(6-1)23(27-22(26-19)17-5-3-9-24-15-17)25-16-20(21-8-4-14-30-21)28-10-12-29-13-11-28/h1-9,14-15,20H,10-13,16H2,(H,25,26,27)/t20-/m1/s1. The lowest BCUT2D eigenvalue weighted by molar-refractivity contribution is 0.0194. The van der Waals surface area contributed by atoms with Gasteiger partial charge >= 0.3 is 0 Å². The molecule has 0 aliphatic carbocycles. The molecule has 6 nitrogen and oxygen atoms in total. The van der Waals surface area contributed by atoms with Crippen LogP contribution in [0.2, 0.25) is 0 Å². The summed E-state index contributed by atoms with van der Waals surface area (Å²) in [5.41, 5.74) is 1.84. The molecular weight excluding hydrogens is 394 g/mol. The minimum absolute atomic E-state index is 0.282. The van der Waals surface area contributed by atoms with Gasteiger partial charge in [-0.1, -0.05) is 18.2 Å². The smallest absolute Gasteiger partial charge is 0.163 e. The molecule has 0 amide bonds. The summed E-state index contributed by atoms with van der Waals surface area (Å²) < 4.78 is 5.57. The molecule has 1 N–H and O–H groups in total. The van der Waals surface area contributed by atoms with Crippen molar-refractivity contribution in [3.05, 3.63) is 71.2 Å². The molecule has 1 saturated heterocycles. The summed E-state index contributed by atoms with van der Waals surface area (Å²) in [5, 5.41) is 6.80. The number of ether oxygens (including phenoxy) is 1. The maximum absolute atomic E-state index is 5.57. The number of pyridine rings is 1. The number of nitrogens with one attached hydrogen (secondary N) is 1. The van der Waals surface area contributed by atoms with Gasteiger partial charge in [0.25, 0.3) is 0 Å². The Labute approximate surface area is 179 Å². The number of fused-ring (bicyclic) bond motifs is 1. The number of anilines is 1. The van der Waals surface area contributed by atoms with Crippen LogP contribution in [-0.4, -0.2) is 52.7 Å². The van der Waals surface area contributed by atoms with Crippen LogP contribution in [0, 0.1) is 0 Å². The highest BCUT2D eigenvalue weighted by Crippen LogP contribution is 2.29. The second-order valence-electron chi connectivity index (χ2n) is 7.22. The first-order chi connectivity index (χ1) is 14.9. The Hall–Kier alpha value is -2.87. The van der Waals surface area contributed by atoms with Gasteiger partial charge in [0.2, 0.25) is 0 Å². The molecule has 1 aromatic carbocycles. The van der Waals surface area contributed by atoms with Crippen molar-refractivity contribution in [3.8, 4) is 11.4 Å². The van der Waals surface area contributed by atoms with Crippen molar-refractivity contribution in [2.45, 2.75) is 6.04 Å². The third-order valence-electron chi connectivity index (χ3n) is 5.34. The van der Waals surface area contributed by atoms with Gasteiger partial charge in [0.05, 0.1) is 24.8 Å². The Morgan fingerprint density at radius 3 is 2.73 bits per heavy atom. The molecule has 4 heterocycles. The zero-order chi connectivity index (χ0) is 20.2. The molecule has 30 heavy (non-hydrogen) atoms. The van der Waals surface area contributed by atoms with E-state index in [0.29, 0.717) is 5.82 Å². The normalized spacial score (nSPS) is 15.9. The summed E-state index contributed by atoms with van der Waals surface area (Å²) in [5.74, 6) is 1.54. The minimum Gasteiger partial charge on any atom is -0.379 e. The second kappa shape index (κ2) is 8.87. The summed E-state index contributed by atoms with van der Waals surface area (Å²) in [7, 11) is 0. The lowest BCUT2D eigenvalue weighted by Crippen LogP contribution is -2.41. The molecule has 3 aromatic heterocycles. The first kappa shape index (κ1) is 19.1. The average Bonchev–Trinajstić information content (AvgIpc) is 3.35. The molecule has 152 valence electrons. The fourth-order valence-corrected chi connectivity index (χ4v) is 4.67. The number of thiophene rings is 1. The van der Waals surface area contributed by atoms with Crippen molar-refractivity contribution >= 4 is 28.1 Å². The minimum atomic E-state index is 0.282. The first-order valence-electron chi connectivity index (χ1n) is 10.1. The first-order valence-corrected chi connectivity index (χ1v) is 11.0. The quantitative estimate of drug-likeness (QED) is 0.506. The van der Waals surface area contributed by atoms with E-state index in [4.69, 9.17) is 14.7 Å². The zero-order valence-corrected chi connectivity index (χ0v) is 17.4. The van der Waals surface area contributed by atoms with Gasteiger partial charge in [-0.15, -0.1) is 11.3 Å². The van der Waals surface area contributed by atoms with E-state index in [9.17, 15) is 0 Å². The molecule has 0 spiro atoms. The van der Waals surface area contributed by atoms with Gasteiger partial charge in [-0.2, -0.15) is 0 Å². The van der Waals surface area contributed by atoms with E-state index in [1.54, 1.807) is 23.7 Å². The van der Waals surface area contributed by atoms with E-state index < -0.39 is 0 Å². The predicted molar refractivity (Wildman–Crippen MR) is 121 cm³/mol. The van der Waals surface area contributed by atoms with Crippen LogP contribution in [0.5, 0.6) is 0 Å². The monoisotopic (exact) mass is 417 g/mol. The molecule has 1 atom stereocenters. The maximum Gasteiger partial charge on any atom is 0.163 e. The molecular formula is C23H23N5OS. The number of morpholine rings is 1. The third-order valence-corrected chi connectivity index (χ3v) is 6.32. The average molecular weight is 418 g/mol. The maximum atomic E-state index is 5.57. The van der Waals surface area contributed by atoms with Crippen molar-refractivity contribution in [1.82, 2.24) is 19.9 Å². The van der Waals surface area contributed by atoms with Gasteiger partial charge in [0.1, 0.15) is 5.82 Å². The number of aromatic nitrogens is 3. The number of para-hydroxylation sites is 1. The fourth-order valence-electron chi connectivity index (χ4n) is 3.81. The largest absolute Gasteiger partial charge is 0.379 e. The van der Waals surface area contributed by atoms with E-state index in [1.807, 2.05) is 30.3 Å². The Kier molecular flexibility index (Phi) is 5.65. The van der Waals surface area contributed by atoms with Crippen molar-refractivity contribution in [3.63, 3.8) is 0 Å². The van der Waals surface area contributed by atoms with Crippen molar-refractivity contribution in [2.75, 3.05) is 38.2 Å². The Bertz CT molecular complexity index is 1100. The highest BCUT2D eigenvalue weighted by Gasteiger charge is 2.24. The van der Waals surface area contributed by atoms with E-state index in [1.165, 1.54) is 4.88 Å². The number of hydrogen-bond donors (Lipinski definition) is 1. The molecule has 0 unspecified atom stereocenters. The van der Waals surface area contributed by atoms with Crippen LogP contribution < -0.4 is 5.32 Å². The summed E-state index contributed by atoms with van der Waals surface area (Å²) in [6.07, 6.45) is 3.56. The second-order valence-corrected chi connectivity index (χ2v) is 8.19. The Morgan fingerprint density at radius 2 is 1.93 bits per heavy atom. The molecule has 1 fully saturated rings. The fraction of sp³-hybridized carbons (Fsp3) is 0.261. The Balaban J connectivity index is 1.47. The highest BCUT2D eigenvalue weighted by molar-refractivity contribution is 7.10. The van der Waals surface area contributed by atoms with E-state index in [0.717, 1.165) is 55.1 Å². The summed E-state index contributed by atoms with van der Waals surface area (Å²) in [6, 6.07) is 16.6. The summed E-state index contributed by atoms with van der Waals surface area (Å²) in [6.45, 7) is 4.21. The lowest BCUT2D eigenvalue weighted by atomic mass is 10.1. The number of hydrogen-bond acceptors (Lipinski definition) is 7. The molecule has 0 radical (unpaired) electrons. The van der Waals surface area contributed by atoms with E-state index in [2.05, 4.69) is 38.8 Å². The number of nitrogens with zero attached hydrogens (tertiary/aromatic N) is 4. The van der Waals surface area contributed by atoms with Crippen LogP contribution >= 0.6 is 11.3 Å². The predicted octanol–water partition coefficient (Wildman–Crippen LogP) is 4.24. The van der Waals surface area contributed by atoms with Crippen LogP contribution in [0.3, 0.4) is 0 Å². The summed E-state index contributed by atoms with van der Waals surface area (Å²) >= 11 is 1.80. The molecule has 5 rings (SSSR count). The topological polar surface area (TPSA) is 63.2 Å². The SMILES string of the molecule is c1cncc(-c2nc(NC[C@H](c3cccs3)N3CCOCC3)c3ccccc3n2)c1. The van der Waals surface area contributed by atoms with Gasteiger partial charge in [-0.05, 0) is 35.7 Å². The van der Waals surface area contributed by atoms with Crippen LogP contribution in [-0.2, 0) is 4.74 Å². The van der Waals surface area contributed by atoms with Crippen molar-refractivity contribution in [2.24, 2.45) is 0 Å². The van der Waals surface area contributed by atoms with Gasteiger partial charge in [-0.3, -0.25) is 9.88 Å². The van der Waals surface area contributed by atoms with Crippen LogP contribution in [0.4, 0.5) is 5.82 Å². The van der Waals surface area contributed by atoms with Gasteiger partial charge in [0, 0.05) is 47.9 Å². The molecule has 7 heteroatoms. The van der Waals surface area contributed by atoms with Crippen LogP contribution in [0.25, 0.3) is 22.3 Å². The van der Waals surface area contributed by atoms with Crippen molar-refractivity contribution in [1.29, 1.82) is 0 Å². The highest BCUT2D eigenvalue weighted by atomic mass is 32.1. The molecule has 0 saturated carbocycles. The van der Waals surface area contributed by atoms with Crippen LogP contribution in [0.1, 0.15) is 10.9 Å². The van der Waals surface area contributed by atoms with E-state index >= 15 is 0 Å². The van der Waals surface area contributed by atoms with E-state index in [-0.39, 0.29) is 6.04 Å². The third kappa shape index (κ3) is 4.05. The summed E-state index contributed by atoms with van der Waals surface area (Å²) in [4.78, 5) is 17.7. The zero-order valence-electron chi connectivity index (χ0n) is 16.6. The van der Waals surface area contributed by atoms with Gasteiger partial charge in [0.15, 0.2) is 5.82 Å². The number of benzene rings is 1. The lowest BCUT2D eigenvalue weighted by Gasteiger charge is -2.34. The van der Waals surface area contributed by atoms with Crippen molar-refractivity contribution < 1.29 is 4.74 Å². The van der Waals surface area contributed by atoms with Gasteiger partial charge < -0.3 is 10.1 Å². The molecule has 0 bridgehead atoms. The molecule has 4 aromatic rings. The number of rotatable bonds is 6. The van der Waals surface area contributed by atoms with Gasteiger partial charge in [-0.25, -0.2) is 9.97 Å². The Morgan fingerprint density at radius 1 is 1.03 bits per heavy atom. The molecule has 1 aliphatic rings. The van der Waals surface area contributed by atoms with Crippen LogP contribution in [0.15, 0.2) is 66.3 Å². The molecule has 1 aliphatic heterocycles.